The van der Waals surface area contributed by atoms with Gasteiger partial charge in [-0.25, -0.2) is 4.98 Å². The van der Waals surface area contributed by atoms with Crippen LogP contribution in [0.5, 0.6) is 11.5 Å². The van der Waals surface area contributed by atoms with Gasteiger partial charge in [-0.1, -0.05) is 59.4 Å². The molecule has 1 aliphatic heterocycles. The van der Waals surface area contributed by atoms with E-state index in [0.29, 0.717) is 27.8 Å². The van der Waals surface area contributed by atoms with E-state index >= 15 is 0 Å². The average Bonchev–Trinajstić information content (AvgIpc) is 3.40. The minimum atomic E-state index is -0.974. The van der Waals surface area contributed by atoms with Gasteiger partial charge < -0.3 is 14.6 Å². The third-order valence-electron chi connectivity index (χ3n) is 6.24. The number of aryl methyl sites for hydroxylation is 2. The normalized spacial score (nSPS) is 17.1. The van der Waals surface area contributed by atoms with Crippen LogP contribution in [0.15, 0.2) is 66.2 Å². The number of aliphatic hydroxyl groups excluding tert-OH is 1. The van der Waals surface area contributed by atoms with Crippen molar-refractivity contribution < 1.29 is 24.2 Å². The lowest BCUT2D eigenvalue weighted by Gasteiger charge is -2.25. The zero-order valence-electron chi connectivity index (χ0n) is 20.2. The highest BCUT2D eigenvalue weighted by atomic mass is 32.1. The number of rotatable bonds is 5. The van der Waals surface area contributed by atoms with Crippen molar-refractivity contribution in [2.45, 2.75) is 19.9 Å². The molecule has 1 aromatic heterocycles. The monoisotopic (exact) mass is 500 g/mol. The molecular formula is C28H24N2O5S. The maximum Gasteiger partial charge on any atom is 0.301 e. The van der Waals surface area contributed by atoms with E-state index in [1.165, 1.54) is 30.5 Å². The molecule has 7 nitrogen and oxygen atoms in total. The Morgan fingerprint density at radius 3 is 2.39 bits per heavy atom. The Hall–Kier alpha value is -4.17. The summed E-state index contributed by atoms with van der Waals surface area (Å²) in [6.45, 7) is 3.91. The Bertz CT molecular complexity index is 1540. The molecular weight excluding hydrogens is 476 g/mol. The molecule has 2 heterocycles. The van der Waals surface area contributed by atoms with Crippen LogP contribution in [-0.2, 0) is 9.59 Å². The molecule has 1 fully saturated rings. The van der Waals surface area contributed by atoms with Crippen molar-refractivity contribution in [3.05, 3.63) is 88.5 Å². The van der Waals surface area contributed by atoms with Crippen molar-refractivity contribution in [3.63, 3.8) is 0 Å². The number of aromatic nitrogens is 1. The number of amides is 1. The summed E-state index contributed by atoms with van der Waals surface area (Å²) in [5, 5.41) is 11.7. The van der Waals surface area contributed by atoms with Crippen LogP contribution in [0, 0.1) is 13.8 Å². The number of nitrogens with zero attached hydrogens (tertiary/aromatic N) is 2. The number of thiazole rings is 1. The molecule has 0 bridgehead atoms. The lowest BCUT2D eigenvalue weighted by atomic mass is 9.94. The highest BCUT2D eigenvalue weighted by Gasteiger charge is 2.49. The minimum absolute atomic E-state index is 0.0363. The van der Waals surface area contributed by atoms with Gasteiger partial charge in [-0.3, -0.25) is 14.5 Å². The first kappa shape index (κ1) is 23.6. The number of para-hydroxylation sites is 1. The van der Waals surface area contributed by atoms with Gasteiger partial charge in [0.05, 0.1) is 30.0 Å². The molecule has 3 aromatic carbocycles. The molecule has 0 unspecified atom stereocenters. The second-order valence-corrected chi connectivity index (χ2v) is 9.59. The summed E-state index contributed by atoms with van der Waals surface area (Å²) in [6, 6.07) is 17.2. The fraction of sp³-hybridized carbons (Fsp3) is 0.179. The Kier molecular flexibility index (Phi) is 5.97. The number of anilines is 1. The van der Waals surface area contributed by atoms with Gasteiger partial charge in [-0.2, -0.15) is 0 Å². The molecule has 1 amide bonds. The highest BCUT2D eigenvalue weighted by Crippen LogP contribution is 2.48. The summed E-state index contributed by atoms with van der Waals surface area (Å²) in [5.74, 6) is -1.02. The number of hydrogen-bond donors (Lipinski definition) is 1. The lowest BCUT2D eigenvalue weighted by molar-refractivity contribution is -0.132. The molecule has 0 spiro atoms. The minimum Gasteiger partial charge on any atom is -0.507 e. The maximum absolute atomic E-state index is 13.5. The van der Waals surface area contributed by atoms with Crippen LogP contribution in [0.2, 0.25) is 0 Å². The van der Waals surface area contributed by atoms with Gasteiger partial charge in [0.25, 0.3) is 5.78 Å². The number of aliphatic hydroxyl groups is 1. The number of carbonyl (C=O) groups excluding carboxylic acids is 2. The predicted molar refractivity (Wildman–Crippen MR) is 140 cm³/mol. The van der Waals surface area contributed by atoms with E-state index in [0.717, 1.165) is 21.3 Å². The van der Waals surface area contributed by atoms with Crippen LogP contribution in [0.4, 0.5) is 5.13 Å². The predicted octanol–water partition coefficient (Wildman–Crippen LogP) is 5.56. The van der Waals surface area contributed by atoms with Crippen LogP contribution in [0.25, 0.3) is 16.0 Å². The topological polar surface area (TPSA) is 89.0 Å². The molecule has 1 aliphatic rings. The van der Waals surface area contributed by atoms with Gasteiger partial charge in [0.1, 0.15) is 11.8 Å². The molecule has 5 rings (SSSR count). The van der Waals surface area contributed by atoms with Gasteiger partial charge in [0.15, 0.2) is 16.6 Å². The molecule has 0 aliphatic carbocycles. The van der Waals surface area contributed by atoms with Crippen LogP contribution in [-0.4, -0.2) is 36.0 Å². The van der Waals surface area contributed by atoms with E-state index < -0.39 is 17.7 Å². The SMILES string of the molecule is COc1cccc([C@@H]2/C(=C(\O)c3ccc(C)cc3)C(=O)C(=O)N2c2nc3ccc(C)cc3s2)c1OC. The molecule has 0 saturated carbocycles. The Morgan fingerprint density at radius 1 is 0.972 bits per heavy atom. The number of Topliss-reactive ketones (excluding diaryl/α,β-unsaturated/α-hetero) is 1. The molecule has 1 saturated heterocycles. The third-order valence-corrected chi connectivity index (χ3v) is 7.25. The van der Waals surface area contributed by atoms with Crippen LogP contribution in [0.1, 0.15) is 28.3 Å². The molecule has 36 heavy (non-hydrogen) atoms. The van der Waals surface area contributed by atoms with Gasteiger partial charge in [-0.05, 0) is 37.6 Å². The standard InChI is InChI=1S/C28H24N2O5S/c1-15-8-11-17(12-9-15)24(31)22-23(18-6-5-7-20(34-3)26(18)35-4)30(27(33)25(22)32)28-29-19-13-10-16(2)14-21(19)36-28/h5-14,23,31H,1-4H3/b24-22+/t23-/m1/s1. The van der Waals surface area contributed by atoms with Gasteiger partial charge in [-0.15, -0.1) is 0 Å². The first-order valence-corrected chi connectivity index (χ1v) is 12.1. The van der Waals surface area contributed by atoms with E-state index in [4.69, 9.17) is 9.47 Å². The lowest BCUT2D eigenvalue weighted by Crippen LogP contribution is -2.29. The number of methoxy groups -OCH3 is 2. The summed E-state index contributed by atoms with van der Waals surface area (Å²) in [5.41, 5.74) is 3.68. The van der Waals surface area contributed by atoms with E-state index in [1.807, 2.05) is 44.2 Å². The smallest absolute Gasteiger partial charge is 0.301 e. The van der Waals surface area contributed by atoms with Crippen molar-refractivity contribution >= 4 is 44.1 Å². The number of hydrogen-bond acceptors (Lipinski definition) is 7. The molecule has 8 heteroatoms. The maximum atomic E-state index is 13.5. The van der Waals surface area contributed by atoms with Gasteiger partial charge in [0, 0.05) is 11.1 Å². The third kappa shape index (κ3) is 3.79. The number of ether oxygens (including phenoxy) is 2. The molecule has 0 radical (unpaired) electrons. The second kappa shape index (κ2) is 9.13. The zero-order chi connectivity index (χ0) is 25.6. The van der Waals surface area contributed by atoms with E-state index in [9.17, 15) is 14.7 Å². The summed E-state index contributed by atoms with van der Waals surface area (Å²) in [4.78, 5) is 33.0. The summed E-state index contributed by atoms with van der Waals surface area (Å²) < 4.78 is 12.0. The van der Waals surface area contributed by atoms with Crippen molar-refractivity contribution in [3.8, 4) is 11.5 Å². The van der Waals surface area contributed by atoms with Crippen molar-refractivity contribution in [2.75, 3.05) is 19.1 Å². The number of carbonyl (C=O) groups is 2. The summed E-state index contributed by atoms with van der Waals surface area (Å²) >= 11 is 1.31. The van der Waals surface area contributed by atoms with E-state index in [-0.39, 0.29) is 11.3 Å². The first-order chi connectivity index (χ1) is 17.3. The molecule has 182 valence electrons. The largest absolute Gasteiger partial charge is 0.507 e. The fourth-order valence-corrected chi connectivity index (χ4v) is 5.53. The van der Waals surface area contributed by atoms with E-state index in [2.05, 4.69) is 4.98 Å². The van der Waals surface area contributed by atoms with Crippen molar-refractivity contribution in [1.29, 1.82) is 0 Å². The Balaban J connectivity index is 1.79. The van der Waals surface area contributed by atoms with Crippen LogP contribution >= 0.6 is 11.3 Å². The molecule has 4 aromatic rings. The fourth-order valence-electron chi connectivity index (χ4n) is 4.44. The number of benzene rings is 3. The highest BCUT2D eigenvalue weighted by molar-refractivity contribution is 7.22. The summed E-state index contributed by atoms with van der Waals surface area (Å²) in [6.07, 6.45) is 0. The van der Waals surface area contributed by atoms with Gasteiger partial charge in [0.2, 0.25) is 0 Å². The first-order valence-electron chi connectivity index (χ1n) is 11.3. The Morgan fingerprint density at radius 2 is 1.69 bits per heavy atom. The number of ketones is 1. The van der Waals surface area contributed by atoms with Crippen LogP contribution in [0.3, 0.4) is 0 Å². The summed E-state index contributed by atoms with van der Waals surface area (Å²) in [7, 11) is 3.01. The van der Waals surface area contributed by atoms with E-state index in [1.54, 1.807) is 30.3 Å². The molecule has 1 N–H and O–H groups in total. The zero-order valence-corrected chi connectivity index (χ0v) is 21.1. The second-order valence-electron chi connectivity index (χ2n) is 8.59. The average molecular weight is 501 g/mol. The van der Waals surface area contributed by atoms with Crippen LogP contribution < -0.4 is 14.4 Å². The molecule has 1 atom stereocenters. The van der Waals surface area contributed by atoms with Gasteiger partial charge >= 0.3 is 5.91 Å². The number of fused-ring (bicyclic) bond motifs is 1. The van der Waals surface area contributed by atoms with Crippen molar-refractivity contribution in [2.24, 2.45) is 0 Å². The quantitative estimate of drug-likeness (QED) is 0.219. The van der Waals surface area contributed by atoms with Crippen molar-refractivity contribution in [1.82, 2.24) is 4.98 Å². The Labute approximate surface area is 212 Å².